The van der Waals surface area contributed by atoms with Gasteiger partial charge in [0.05, 0.1) is 17.0 Å². The SMILES string of the molecule is Cc1ccc(CS(=O)(=O)c2ncc(Cl)c(C(=O)Oc3ccc(Cl)cc3)n2)cc1. The highest BCUT2D eigenvalue weighted by Gasteiger charge is 2.24. The highest BCUT2D eigenvalue weighted by Crippen LogP contribution is 2.21. The summed E-state index contributed by atoms with van der Waals surface area (Å²) in [6.45, 7) is 1.90. The topological polar surface area (TPSA) is 86.2 Å². The van der Waals surface area contributed by atoms with Crippen molar-refractivity contribution in [2.45, 2.75) is 17.8 Å². The van der Waals surface area contributed by atoms with E-state index in [4.69, 9.17) is 27.9 Å². The van der Waals surface area contributed by atoms with Crippen molar-refractivity contribution >= 4 is 39.0 Å². The quantitative estimate of drug-likeness (QED) is 0.336. The maximum Gasteiger partial charge on any atom is 0.364 e. The summed E-state index contributed by atoms with van der Waals surface area (Å²) in [4.78, 5) is 20.0. The molecule has 0 spiro atoms. The molecule has 0 N–H and O–H groups in total. The van der Waals surface area contributed by atoms with Crippen LogP contribution in [0.25, 0.3) is 0 Å². The van der Waals surface area contributed by atoms with Crippen molar-refractivity contribution in [3.63, 3.8) is 0 Å². The Hall–Kier alpha value is -2.48. The van der Waals surface area contributed by atoms with Crippen LogP contribution in [0.3, 0.4) is 0 Å². The normalized spacial score (nSPS) is 11.2. The molecule has 2 aromatic carbocycles. The Morgan fingerprint density at radius 3 is 2.32 bits per heavy atom. The van der Waals surface area contributed by atoms with Crippen molar-refractivity contribution < 1.29 is 17.9 Å². The van der Waals surface area contributed by atoms with E-state index in [1.54, 1.807) is 24.3 Å². The Balaban J connectivity index is 1.86. The van der Waals surface area contributed by atoms with Gasteiger partial charge in [-0.1, -0.05) is 53.0 Å². The van der Waals surface area contributed by atoms with Gasteiger partial charge in [-0.05, 0) is 36.8 Å². The Bertz CT molecular complexity index is 1120. The molecular weight excluding hydrogens is 423 g/mol. The van der Waals surface area contributed by atoms with E-state index in [0.29, 0.717) is 10.6 Å². The molecule has 0 unspecified atom stereocenters. The Kier molecular flexibility index (Phi) is 5.98. The number of benzene rings is 2. The molecule has 0 aliphatic carbocycles. The van der Waals surface area contributed by atoms with Crippen LogP contribution in [-0.4, -0.2) is 24.4 Å². The first kappa shape index (κ1) is 20.3. The summed E-state index contributed by atoms with van der Waals surface area (Å²) in [6.07, 6.45) is 1.06. The molecule has 9 heteroatoms. The molecule has 0 saturated heterocycles. The third kappa shape index (κ3) is 4.86. The first-order chi connectivity index (χ1) is 13.2. The van der Waals surface area contributed by atoms with Gasteiger partial charge in [0.2, 0.25) is 15.0 Å². The van der Waals surface area contributed by atoms with E-state index in [0.717, 1.165) is 11.8 Å². The number of sulfone groups is 1. The number of rotatable bonds is 5. The summed E-state index contributed by atoms with van der Waals surface area (Å²) in [6, 6.07) is 13.1. The summed E-state index contributed by atoms with van der Waals surface area (Å²) in [5.74, 6) is -0.990. The maximum absolute atomic E-state index is 12.6. The van der Waals surface area contributed by atoms with Crippen LogP contribution in [0.2, 0.25) is 10.0 Å². The van der Waals surface area contributed by atoms with Crippen molar-refractivity contribution in [2.75, 3.05) is 0 Å². The summed E-state index contributed by atoms with van der Waals surface area (Å²) in [5, 5.41) is -0.141. The van der Waals surface area contributed by atoms with Crippen LogP contribution in [0, 0.1) is 6.92 Å². The molecule has 1 aromatic heterocycles. The lowest BCUT2D eigenvalue weighted by atomic mass is 10.2. The molecule has 0 aliphatic rings. The minimum Gasteiger partial charge on any atom is -0.422 e. The highest BCUT2D eigenvalue weighted by molar-refractivity contribution is 7.90. The van der Waals surface area contributed by atoms with Gasteiger partial charge in [0.1, 0.15) is 5.75 Å². The second-order valence-corrected chi connectivity index (χ2v) is 8.66. The fraction of sp³-hybridized carbons (Fsp3) is 0.105. The van der Waals surface area contributed by atoms with Crippen LogP contribution >= 0.6 is 23.2 Å². The summed E-state index contributed by atoms with van der Waals surface area (Å²) in [5.41, 5.74) is 1.25. The van der Waals surface area contributed by atoms with E-state index in [9.17, 15) is 13.2 Å². The van der Waals surface area contributed by atoms with Crippen molar-refractivity contribution in [1.29, 1.82) is 0 Å². The molecule has 0 saturated carbocycles. The lowest BCUT2D eigenvalue weighted by molar-refractivity contribution is 0.0727. The van der Waals surface area contributed by atoms with Crippen LogP contribution in [0.4, 0.5) is 0 Å². The molecule has 6 nitrogen and oxygen atoms in total. The van der Waals surface area contributed by atoms with Gasteiger partial charge in [0.25, 0.3) is 0 Å². The van der Waals surface area contributed by atoms with E-state index in [1.165, 1.54) is 12.1 Å². The number of carbonyl (C=O) groups excluding carboxylic acids is 1. The Labute approximate surface area is 172 Å². The molecule has 144 valence electrons. The first-order valence-corrected chi connectivity index (χ1v) is 10.4. The molecule has 0 atom stereocenters. The average molecular weight is 437 g/mol. The fourth-order valence-corrected chi connectivity index (χ4v) is 3.77. The van der Waals surface area contributed by atoms with Gasteiger partial charge in [0, 0.05) is 5.02 Å². The molecule has 0 amide bonds. The standard InChI is InChI=1S/C19H14Cl2N2O4S/c1-12-2-4-13(5-3-12)11-28(25,26)19-22-10-16(21)17(23-19)18(24)27-15-8-6-14(20)7-9-15/h2-10H,11H2,1H3. The van der Waals surface area contributed by atoms with E-state index >= 15 is 0 Å². The minimum absolute atomic E-state index is 0.117. The summed E-state index contributed by atoms with van der Waals surface area (Å²) < 4.78 is 30.4. The molecule has 0 radical (unpaired) electrons. The molecule has 0 aliphatic heterocycles. The zero-order valence-corrected chi connectivity index (χ0v) is 16.9. The molecule has 0 bridgehead atoms. The third-order valence-electron chi connectivity index (χ3n) is 3.69. The molecule has 0 fully saturated rings. The minimum atomic E-state index is -3.88. The number of hydrogen-bond donors (Lipinski definition) is 0. The fourth-order valence-electron chi connectivity index (χ4n) is 2.27. The lowest BCUT2D eigenvalue weighted by Crippen LogP contribution is -2.16. The largest absolute Gasteiger partial charge is 0.422 e. The number of halogens is 2. The van der Waals surface area contributed by atoms with Gasteiger partial charge >= 0.3 is 5.97 Å². The van der Waals surface area contributed by atoms with Crippen molar-refractivity contribution in [2.24, 2.45) is 0 Å². The van der Waals surface area contributed by atoms with Crippen LogP contribution in [-0.2, 0) is 15.6 Å². The van der Waals surface area contributed by atoms with Gasteiger partial charge in [-0.2, -0.15) is 0 Å². The van der Waals surface area contributed by atoms with E-state index in [2.05, 4.69) is 9.97 Å². The Morgan fingerprint density at radius 2 is 1.68 bits per heavy atom. The van der Waals surface area contributed by atoms with Gasteiger partial charge in [-0.3, -0.25) is 0 Å². The molecule has 1 heterocycles. The van der Waals surface area contributed by atoms with Crippen molar-refractivity contribution in [1.82, 2.24) is 9.97 Å². The summed E-state index contributed by atoms with van der Waals surface area (Å²) in [7, 11) is -3.88. The van der Waals surface area contributed by atoms with Gasteiger partial charge in [-0.25, -0.2) is 23.2 Å². The van der Waals surface area contributed by atoms with E-state index in [-0.39, 0.29) is 22.2 Å². The predicted octanol–water partition coefficient (Wildman–Crippen LogP) is 4.28. The molecule has 3 aromatic rings. The second kappa shape index (κ2) is 8.26. The number of ether oxygens (including phenoxy) is 1. The van der Waals surface area contributed by atoms with Gasteiger partial charge in [0.15, 0.2) is 5.69 Å². The number of aromatic nitrogens is 2. The zero-order valence-electron chi connectivity index (χ0n) is 14.6. The van der Waals surface area contributed by atoms with Gasteiger partial charge in [-0.15, -0.1) is 0 Å². The highest BCUT2D eigenvalue weighted by atomic mass is 35.5. The zero-order chi connectivity index (χ0) is 20.3. The van der Waals surface area contributed by atoms with E-state index < -0.39 is 21.0 Å². The molecule has 3 rings (SSSR count). The second-order valence-electron chi connectivity index (χ2n) is 5.94. The summed E-state index contributed by atoms with van der Waals surface area (Å²) >= 11 is 11.8. The van der Waals surface area contributed by atoms with Crippen molar-refractivity contribution in [3.8, 4) is 5.75 Å². The monoisotopic (exact) mass is 436 g/mol. The first-order valence-electron chi connectivity index (χ1n) is 8.03. The van der Waals surface area contributed by atoms with E-state index in [1.807, 2.05) is 19.1 Å². The molecular formula is C19H14Cl2N2O4S. The molecule has 28 heavy (non-hydrogen) atoms. The van der Waals surface area contributed by atoms with Crippen LogP contribution in [0.1, 0.15) is 21.6 Å². The van der Waals surface area contributed by atoms with Crippen LogP contribution < -0.4 is 4.74 Å². The number of aryl methyl sites for hydroxylation is 1. The number of carbonyl (C=O) groups is 1. The predicted molar refractivity (Wildman–Crippen MR) is 106 cm³/mol. The average Bonchev–Trinajstić information content (AvgIpc) is 2.65. The van der Waals surface area contributed by atoms with Crippen LogP contribution in [0.15, 0.2) is 59.9 Å². The smallest absolute Gasteiger partial charge is 0.364 e. The Morgan fingerprint density at radius 1 is 1.04 bits per heavy atom. The number of hydrogen-bond acceptors (Lipinski definition) is 6. The maximum atomic E-state index is 12.6. The van der Waals surface area contributed by atoms with Crippen LogP contribution in [0.5, 0.6) is 5.75 Å². The lowest BCUT2D eigenvalue weighted by Gasteiger charge is -2.08. The number of esters is 1. The van der Waals surface area contributed by atoms with Gasteiger partial charge < -0.3 is 4.74 Å². The van der Waals surface area contributed by atoms with Crippen molar-refractivity contribution in [3.05, 3.63) is 81.6 Å². The third-order valence-corrected chi connectivity index (χ3v) is 5.69. The number of nitrogens with zero attached hydrogens (tertiary/aromatic N) is 2.